The minimum atomic E-state index is -0.277. The van der Waals surface area contributed by atoms with Crippen molar-refractivity contribution in [1.29, 1.82) is 0 Å². The van der Waals surface area contributed by atoms with E-state index in [0.29, 0.717) is 17.2 Å². The zero-order valence-electron chi connectivity index (χ0n) is 10.9. The first-order chi connectivity index (χ1) is 9.65. The second-order valence-electron chi connectivity index (χ2n) is 4.59. The number of nitrogens with zero attached hydrogens (tertiary/aromatic N) is 1. The van der Waals surface area contributed by atoms with Crippen molar-refractivity contribution in [2.24, 2.45) is 0 Å². The maximum absolute atomic E-state index is 13.1. The summed E-state index contributed by atoms with van der Waals surface area (Å²) in [6.45, 7) is 1.81. The highest BCUT2D eigenvalue weighted by Gasteiger charge is 2.08. The Labute approximate surface area is 115 Å². The van der Waals surface area contributed by atoms with Gasteiger partial charge < -0.3 is 10.5 Å². The van der Waals surface area contributed by atoms with Crippen LogP contribution < -0.4 is 10.5 Å². The van der Waals surface area contributed by atoms with E-state index in [1.807, 2.05) is 6.07 Å². The van der Waals surface area contributed by atoms with Crippen molar-refractivity contribution in [3.05, 3.63) is 60.2 Å². The van der Waals surface area contributed by atoms with E-state index in [1.165, 1.54) is 12.1 Å². The SMILES string of the molecule is Cc1cc(F)ccc1Oc1ccc(N)c2cnccc12. The van der Waals surface area contributed by atoms with Crippen molar-refractivity contribution in [1.82, 2.24) is 4.98 Å². The van der Waals surface area contributed by atoms with Gasteiger partial charge in [0.2, 0.25) is 0 Å². The number of nitrogen functional groups attached to an aromatic ring is 1. The molecule has 100 valence electrons. The summed E-state index contributed by atoms with van der Waals surface area (Å²) in [6, 6.07) is 9.87. The van der Waals surface area contributed by atoms with Gasteiger partial charge in [0.1, 0.15) is 17.3 Å². The molecule has 0 unspecified atom stereocenters. The Hall–Kier alpha value is -2.62. The van der Waals surface area contributed by atoms with Crippen molar-refractivity contribution in [3.8, 4) is 11.5 Å². The first kappa shape index (κ1) is 12.4. The van der Waals surface area contributed by atoms with E-state index in [-0.39, 0.29) is 5.82 Å². The molecule has 0 aliphatic heterocycles. The van der Waals surface area contributed by atoms with Crippen molar-refractivity contribution in [2.45, 2.75) is 6.92 Å². The topological polar surface area (TPSA) is 48.1 Å². The molecular formula is C16H13FN2O. The maximum atomic E-state index is 13.1. The Morgan fingerprint density at radius 3 is 2.65 bits per heavy atom. The molecule has 0 amide bonds. The summed E-state index contributed by atoms with van der Waals surface area (Å²) < 4.78 is 19.0. The summed E-state index contributed by atoms with van der Waals surface area (Å²) in [5.41, 5.74) is 7.31. The molecule has 3 nitrogen and oxygen atoms in total. The molecule has 1 aromatic heterocycles. The van der Waals surface area contributed by atoms with Gasteiger partial charge >= 0.3 is 0 Å². The van der Waals surface area contributed by atoms with Gasteiger partial charge in [0.25, 0.3) is 0 Å². The fourth-order valence-electron chi connectivity index (χ4n) is 2.12. The largest absolute Gasteiger partial charge is 0.456 e. The molecule has 0 saturated carbocycles. The van der Waals surface area contributed by atoms with Crippen LogP contribution in [0, 0.1) is 12.7 Å². The van der Waals surface area contributed by atoms with Gasteiger partial charge in [0.15, 0.2) is 0 Å². The molecule has 3 rings (SSSR count). The van der Waals surface area contributed by atoms with Crippen LogP contribution in [0.5, 0.6) is 11.5 Å². The Morgan fingerprint density at radius 2 is 1.85 bits per heavy atom. The molecule has 0 atom stereocenters. The molecular weight excluding hydrogens is 255 g/mol. The third-order valence-corrected chi connectivity index (χ3v) is 3.17. The number of rotatable bonds is 2. The number of hydrogen-bond acceptors (Lipinski definition) is 3. The minimum absolute atomic E-state index is 0.277. The molecule has 3 aromatic rings. The molecule has 1 heterocycles. The first-order valence-corrected chi connectivity index (χ1v) is 6.21. The molecule has 2 aromatic carbocycles. The predicted molar refractivity (Wildman–Crippen MR) is 77.4 cm³/mol. The van der Waals surface area contributed by atoms with Crippen LogP contribution >= 0.6 is 0 Å². The first-order valence-electron chi connectivity index (χ1n) is 6.21. The standard InChI is InChI=1S/C16H13FN2O/c1-10-8-11(17)2-4-15(10)20-16-5-3-14(18)13-9-19-7-6-12(13)16/h2-9H,18H2,1H3. The van der Waals surface area contributed by atoms with Gasteiger partial charge in [-0.2, -0.15) is 0 Å². The Morgan fingerprint density at radius 1 is 1.05 bits per heavy atom. The lowest BCUT2D eigenvalue weighted by molar-refractivity contribution is 0.482. The summed E-state index contributed by atoms with van der Waals surface area (Å²) in [5.74, 6) is 1.02. The van der Waals surface area contributed by atoms with Crippen LogP contribution in [0.25, 0.3) is 10.8 Å². The van der Waals surface area contributed by atoms with E-state index in [4.69, 9.17) is 10.5 Å². The number of aryl methyl sites for hydroxylation is 1. The maximum Gasteiger partial charge on any atom is 0.135 e. The van der Waals surface area contributed by atoms with E-state index < -0.39 is 0 Å². The number of aromatic nitrogens is 1. The fraction of sp³-hybridized carbons (Fsp3) is 0.0625. The van der Waals surface area contributed by atoms with E-state index in [9.17, 15) is 4.39 Å². The van der Waals surface area contributed by atoms with E-state index >= 15 is 0 Å². The van der Waals surface area contributed by atoms with Crippen LogP contribution in [0.1, 0.15) is 5.56 Å². The molecule has 4 heteroatoms. The smallest absolute Gasteiger partial charge is 0.135 e. The second kappa shape index (κ2) is 4.81. The van der Waals surface area contributed by atoms with Gasteiger partial charge in [-0.25, -0.2) is 4.39 Å². The molecule has 2 N–H and O–H groups in total. The Balaban J connectivity index is 2.09. The third kappa shape index (κ3) is 2.16. The monoisotopic (exact) mass is 268 g/mol. The average Bonchev–Trinajstić information content (AvgIpc) is 2.45. The van der Waals surface area contributed by atoms with Gasteiger partial charge in [-0.3, -0.25) is 4.98 Å². The van der Waals surface area contributed by atoms with Crippen molar-refractivity contribution in [3.63, 3.8) is 0 Å². The van der Waals surface area contributed by atoms with Gasteiger partial charge in [0, 0.05) is 28.9 Å². The minimum Gasteiger partial charge on any atom is -0.456 e. The van der Waals surface area contributed by atoms with Gasteiger partial charge in [-0.05, 0) is 48.9 Å². The highest BCUT2D eigenvalue weighted by molar-refractivity contribution is 5.96. The zero-order valence-corrected chi connectivity index (χ0v) is 10.9. The lowest BCUT2D eigenvalue weighted by Gasteiger charge is -2.12. The summed E-state index contributed by atoms with van der Waals surface area (Å²) in [7, 11) is 0. The Bertz CT molecular complexity index is 787. The van der Waals surface area contributed by atoms with Gasteiger partial charge in [-0.1, -0.05) is 0 Å². The number of hydrogen-bond donors (Lipinski definition) is 1. The van der Waals surface area contributed by atoms with Gasteiger partial charge in [-0.15, -0.1) is 0 Å². The van der Waals surface area contributed by atoms with E-state index in [1.54, 1.807) is 37.5 Å². The molecule has 0 saturated heterocycles. The second-order valence-corrected chi connectivity index (χ2v) is 4.59. The number of benzene rings is 2. The molecule has 0 spiro atoms. The normalized spacial score (nSPS) is 10.7. The summed E-state index contributed by atoms with van der Waals surface area (Å²) in [4.78, 5) is 4.07. The third-order valence-electron chi connectivity index (χ3n) is 3.17. The fourth-order valence-corrected chi connectivity index (χ4v) is 2.12. The molecule has 0 fully saturated rings. The van der Waals surface area contributed by atoms with Crippen LogP contribution in [-0.2, 0) is 0 Å². The lowest BCUT2D eigenvalue weighted by Crippen LogP contribution is -1.93. The number of anilines is 1. The highest BCUT2D eigenvalue weighted by atomic mass is 19.1. The molecule has 0 aliphatic carbocycles. The quantitative estimate of drug-likeness (QED) is 0.713. The van der Waals surface area contributed by atoms with Crippen molar-refractivity contribution < 1.29 is 9.13 Å². The number of fused-ring (bicyclic) bond motifs is 1. The van der Waals surface area contributed by atoms with Gasteiger partial charge in [0.05, 0.1) is 0 Å². The van der Waals surface area contributed by atoms with Crippen molar-refractivity contribution >= 4 is 16.5 Å². The summed E-state index contributed by atoms with van der Waals surface area (Å²) in [5, 5.41) is 1.72. The van der Waals surface area contributed by atoms with E-state index in [0.717, 1.165) is 16.3 Å². The molecule has 0 radical (unpaired) electrons. The lowest BCUT2D eigenvalue weighted by atomic mass is 10.1. The molecule has 20 heavy (non-hydrogen) atoms. The van der Waals surface area contributed by atoms with Crippen molar-refractivity contribution in [2.75, 3.05) is 5.73 Å². The average molecular weight is 268 g/mol. The van der Waals surface area contributed by atoms with Crippen LogP contribution in [0.15, 0.2) is 48.8 Å². The van der Waals surface area contributed by atoms with Crippen LogP contribution in [0.3, 0.4) is 0 Å². The summed E-state index contributed by atoms with van der Waals surface area (Å²) >= 11 is 0. The zero-order chi connectivity index (χ0) is 14.1. The number of pyridine rings is 1. The highest BCUT2D eigenvalue weighted by Crippen LogP contribution is 2.33. The van der Waals surface area contributed by atoms with Crippen LogP contribution in [0.2, 0.25) is 0 Å². The molecule has 0 bridgehead atoms. The predicted octanol–water partition coefficient (Wildman–Crippen LogP) is 4.06. The van der Waals surface area contributed by atoms with Crippen LogP contribution in [0.4, 0.5) is 10.1 Å². The number of nitrogens with two attached hydrogens (primary N) is 1. The van der Waals surface area contributed by atoms with E-state index in [2.05, 4.69) is 4.98 Å². The molecule has 0 aliphatic rings. The number of ether oxygens (including phenoxy) is 1. The Kier molecular flexibility index (Phi) is 2.99. The number of halogens is 1. The summed E-state index contributed by atoms with van der Waals surface area (Å²) in [6.07, 6.45) is 3.39. The van der Waals surface area contributed by atoms with Crippen LogP contribution in [-0.4, -0.2) is 4.98 Å².